The first-order valence-corrected chi connectivity index (χ1v) is 13.4. The predicted molar refractivity (Wildman–Crippen MR) is 139 cm³/mol. The number of thioether (sulfide) groups is 1. The van der Waals surface area contributed by atoms with Crippen molar-refractivity contribution in [3.63, 3.8) is 0 Å². The van der Waals surface area contributed by atoms with Crippen molar-refractivity contribution in [2.75, 3.05) is 18.1 Å². The molecule has 180 valence electrons. The summed E-state index contributed by atoms with van der Waals surface area (Å²) in [5, 5.41) is 6.76. The molecule has 2 N–H and O–H groups in total. The molecule has 9 heteroatoms. The first kappa shape index (κ1) is 24.5. The Hall–Kier alpha value is -2.65. The molecule has 7 nitrogen and oxygen atoms in total. The number of aryl methyl sites for hydroxylation is 1. The van der Waals surface area contributed by atoms with Gasteiger partial charge in [0.1, 0.15) is 4.83 Å². The summed E-state index contributed by atoms with van der Waals surface area (Å²) in [6.45, 7) is 6.95. The van der Waals surface area contributed by atoms with Crippen LogP contribution in [0.2, 0.25) is 0 Å². The van der Waals surface area contributed by atoms with Crippen molar-refractivity contribution >= 4 is 50.8 Å². The van der Waals surface area contributed by atoms with E-state index in [9.17, 15) is 14.4 Å². The molecule has 34 heavy (non-hydrogen) atoms. The summed E-state index contributed by atoms with van der Waals surface area (Å²) in [7, 11) is 1.56. The number of fused-ring (bicyclic) bond motifs is 3. The van der Waals surface area contributed by atoms with E-state index in [1.54, 1.807) is 47.2 Å². The van der Waals surface area contributed by atoms with Crippen molar-refractivity contribution in [1.29, 1.82) is 0 Å². The Balaban J connectivity index is 1.58. The Morgan fingerprint density at radius 3 is 2.85 bits per heavy atom. The fourth-order valence-corrected chi connectivity index (χ4v) is 6.48. The zero-order valence-electron chi connectivity index (χ0n) is 19.9. The van der Waals surface area contributed by atoms with Gasteiger partial charge in [0.25, 0.3) is 11.5 Å². The highest BCUT2D eigenvalue weighted by Crippen LogP contribution is 2.36. The van der Waals surface area contributed by atoms with Crippen LogP contribution in [0.25, 0.3) is 10.2 Å². The lowest BCUT2D eigenvalue weighted by Crippen LogP contribution is -2.26. The fraction of sp³-hybridized carbons (Fsp3) is 0.440. The largest absolute Gasteiger partial charge is 0.355 e. The molecular weight excluding hydrogens is 468 g/mol. The lowest BCUT2D eigenvalue weighted by Gasteiger charge is -2.18. The number of nitrogens with zero attached hydrogens (tertiary/aromatic N) is 2. The molecule has 0 radical (unpaired) electrons. The summed E-state index contributed by atoms with van der Waals surface area (Å²) in [5.74, 6) is 0.574. The number of nitrogens with one attached hydrogen (secondary N) is 2. The van der Waals surface area contributed by atoms with Crippen molar-refractivity contribution in [2.24, 2.45) is 11.8 Å². The number of thiophene rings is 1. The summed E-state index contributed by atoms with van der Waals surface area (Å²) in [5.41, 5.74) is 2.21. The molecule has 4 rings (SSSR count). The smallest absolute Gasteiger partial charge is 0.263 e. The highest BCUT2D eigenvalue weighted by atomic mass is 32.2. The minimum absolute atomic E-state index is 0.00643. The van der Waals surface area contributed by atoms with Crippen LogP contribution in [0, 0.1) is 11.8 Å². The van der Waals surface area contributed by atoms with Gasteiger partial charge < -0.3 is 10.6 Å². The fourth-order valence-electron chi connectivity index (χ4n) is 4.25. The summed E-state index contributed by atoms with van der Waals surface area (Å²) in [4.78, 5) is 45.0. The van der Waals surface area contributed by atoms with Gasteiger partial charge in [-0.05, 0) is 54.9 Å². The Kier molecular flexibility index (Phi) is 7.42. The van der Waals surface area contributed by atoms with Gasteiger partial charge in [0.2, 0.25) is 5.91 Å². The molecule has 0 fully saturated rings. The monoisotopic (exact) mass is 498 g/mol. The minimum atomic E-state index is -0.219. The zero-order valence-corrected chi connectivity index (χ0v) is 21.6. The van der Waals surface area contributed by atoms with Crippen molar-refractivity contribution in [1.82, 2.24) is 14.9 Å². The Bertz CT molecular complexity index is 1300. The molecule has 3 aromatic rings. The quantitative estimate of drug-likeness (QED) is 0.374. The molecule has 2 aromatic heterocycles. The van der Waals surface area contributed by atoms with Gasteiger partial charge in [0.15, 0.2) is 5.16 Å². The first-order valence-electron chi connectivity index (χ1n) is 11.6. The van der Waals surface area contributed by atoms with E-state index >= 15 is 0 Å². The highest BCUT2D eigenvalue weighted by molar-refractivity contribution is 7.99. The Morgan fingerprint density at radius 2 is 2.12 bits per heavy atom. The number of aromatic nitrogens is 2. The van der Waals surface area contributed by atoms with Crippen LogP contribution in [0.4, 0.5) is 5.69 Å². The Morgan fingerprint density at radius 1 is 1.32 bits per heavy atom. The Labute approximate surface area is 207 Å². The highest BCUT2D eigenvalue weighted by Gasteiger charge is 2.25. The van der Waals surface area contributed by atoms with Gasteiger partial charge in [-0.25, -0.2) is 4.98 Å². The molecule has 0 saturated heterocycles. The van der Waals surface area contributed by atoms with Gasteiger partial charge in [-0.1, -0.05) is 38.6 Å². The molecule has 1 unspecified atom stereocenters. The van der Waals surface area contributed by atoms with Gasteiger partial charge in [0.05, 0.1) is 11.1 Å². The molecule has 1 aromatic carbocycles. The summed E-state index contributed by atoms with van der Waals surface area (Å²) in [6, 6.07) is 6.79. The SMILES string of the molecule is CNC(=O)c1cccc(NC(=O)CSc2nc3sc4c(c3c(=O)n2CC(C)C)CCC(C)C4)c1. The van der Waals surface area contributed by atoms with Crippen LogP contribution >= 0.6 is 23.1 Å². The maximum Gasteiger partial charge on any atom is 0.263 e. The molecule has 0 saturated carbocycles. The van der Waals surface area contributed by atoms with Gasteiger partial charge in [-0.15, -0.1) is 11.3 Å². The van der Waals surface area contributed by atoms with Crippen molar-refractivity contribution in [3.8, 4) is 0 Å². The standard InChI is InChI=1S/C25H30N4O3S2/c1-14(2)12-29-24(32)21-18-9-8-15(3)10-19(18)34-23(21)28-25(29)33-13-20(30)27-17-7-5-6-16(11-17)22(31)26-4/h5-7,11,14-15H,8-10,12-13H2,1-4H3,(H,26,31)(H,27,30). The maximum atomic E-state index is 13.5. The van der Waals surface area contributed by atoms with Crippen molar-refractivity contribution in [2.45, 2.75) is 51.7 Å². The van der Waals surface area contributed by atoms with Crippen LogP contribution in [0.15, 0.2) is 34.2 Å². The summed E-state index contributed by atoms with van der Waals surface area (Å²) >= 11 is 2.90. The van der Waals surface area contributed by atoms with E-state index in [2.05, 4.69) is 31.4 Å². The van der Waals surface area contributed by atoms with E-state index in [-0.39, 0.29) is 29.0 Å². The number of hydrogen-bond donors (Lipinski definition) is 2. The van der Waals surface area contributed by atoms with Crippen LogP contribution < -0.4 is 16.2 Å². The lowest BCUT2D eigenvalue weighted by atomic mass is 9.89. The second-order valence-corrected chi connectivity index (χ2v) is 11.3. The van der Waals surface area contributed by atoms with E-state index in [0.717, 1.165) is 29.5 Å². The number of amides is 2. The number of hydrogen-bond acceptors (Lipinski definition) is 6. The number of carbonyl (C=O) groups is 2. The predicted octanol–water partition coefficient (Wildman–Crippen LogP) is 4.33. The second-order valence-electron chi connectivity index (χ2n) is 9.23. The average molecular weight is 499 g/mol. The van der Waals surface area contributed by atoms with Gasteiger partial charge in [-0.3, -0.25) is 19.0 Å². The number of rotatable bonds is 7. The molecule has 1 atom stereocenters. The average Bonchev–Trinajstić information content (AvgIpc) is 3.16. The van der Waals surface area contributed by atoms with Crippen molar-refractivity contribution < 1.29 is 9.59 Å². The van der Waals surface area contributed by atoms with E-state index in [0.29, 0.717) is 28.9 Å². The summed E-state index contributed by atoms with van der Waals surface area (Å²) in [6.07, 6.45) is 3.03. The van der Waals surface area contributed by atoms with Gasteiger partial charge >= 0.3 is 0 Å². The number of carbonyl (C=O) groups excluding carboxylic acids is 2. The molecule has 0 bridgehead atoms. The van der Waals surface area contributed by atoms with E-state index in [1.807, 2.05) is 0 Å². The van der Waals surface area contributed by atoms with Crippen LogP contribution in [-0.2, 0) is 24.2 Å². The van der Waals surface area contributed by atoms with Crippen LogP contribution in [0.1, 0.15) is 48.0 Å². The second kappa shape index (κ2) is 10.3. The lowest BCUT2D eigenvalue weighted by molar-refractivity contribution is -0.113. The summed E-state index contributed by atoms with van der Waals surface area (Å²) < 4.78 is 1.74. The molecule has 2 amide bonds. The number of benzene rings is 1. The number of anilines is 1. The van der Waals surface area contributed by atoms with Gasteiger partial charge in [-0.2, -0.15) is 0 Å². The topological polar surface area (TPSA) is 93.1 Å². The molecule has 1 aliphatic rings. The van der Waals surface area contributed by atoms with E-state index < -0.39 is 0 Å². The third kappa shape index (κ3) is 5.20. The van der Waals surface area contributed by atoms with Crippen LogP contribution in [-0.4, -0.2) is 34.2 Å². The van der Waals surface area contributed by atoms with E-state index in [1.165, 1.54) is 22.2 Å². The zero-order chi connectivity index (χ0) is 24.4. The molecule has 2 heterocycles. The minimum Gasteiger partial charge on any atom is -0.355 e. The van der Waals surface area contributed by atoms with Crippen LogP contribution in [0.5, 0.6) is 0 Å². The molecular formula is C25H30N4O3S2. The van der Waals surface area contributed by atoms with Crippen LogP contribution in [0.3, 0.4) is 0 Å². The third-order valence-electron chi connectivity index (χ3n) is 5.90. The van der Waals surface area contributed by atoms with Crippen molar-refractivity contribution in [3.05, 3.63) is 50.6 Å². The van der Waals surface area contributed by atoms with Gasteiger partial charge in [0, 0.05) is 29.7 Å². The molecule has 0 aliphatic heterocycles. The third-order valence-corrected chi connectivity index (χ3v) is 8.02. The molecule has 0 spiro atoms. The van der Waals surface area contributed by atoms with E-state index in [4.69, 9.17) is 4.98 Å². The molecule has 1 aliphatic carbocycles. The maximum absolute atomic E-state index is 13.5. The normalized spacial score (nSPS) is 15.4. The first-order chi connectivity index (χ1) is 16.3.